The number of carbonyl (C=O) groups is 1. The number of ketones is 1. The van der Waals surface area contributed by atoms with Crippen molar-refractivity contribution in [2.24, 2.45) is 5.41 Å². The number of carbonyl (C=O) groups excluding carboxylic acids is 1. The topological polar surface area (TPSA) is 37.3 Å². The third-order valence-corrected chi connectivity index (χ3v) is 3.43. The molecule has 0 fully saturated rings. The SMILES string of the molecule is CCCC/C=C(\C(=O)C(C)(C)C)C(C)(O)CCCC. The molecule has 0 aromatic rings. The van der Waals surface area contributed by atoms with E-state index < -0.39 is 11.0 Å². The average molecular weight is 268 g/mol. The molecule has 0 saturated heterocycles. The van der Waals surface area contributed by atoms with Gasteiger partial charge >= 0.3 is 0 Å². The minimum Gasteiger partial charge on any atom is -0.385 e. The average Bonchev–Trinajstić information content (AvgIpc) is 2.30. The lowest BCUT2D eigenvalue weighted by atomic mass is 9.77. The molecule has 112 valence electrons. The van der Waals surface area contributed by atoms with Gasteiger partial charge in [0.15, 0.2) is 5.78 Å². The second-order valence-corrected chi connectivity index (χ2v) is 6.72. The molecule has 1 atom stereocenters. The molecule has 1 N–H and O–H groups in total. The monoisotopic (exact) mass is 268 g/mol. The van der Waals surface area contributed by atoms with Gasteiger partial charge in [0, 0.05) is 11.0 Å². The third kappa shape index (κ3) is 6.38. The van der Waals surface area contributed by atoms with Crippen molar-refractivity contribution in [2.45, 2.75) is 85.7 Å². The Labute approximate surface area is 119 Å². The molecule has 0 radical (unpaired) electrons. The fourth-order valence-corrected chi connectivity index (χ4v) is 2.07. The van der Waals surface area contributed by atoms with Crippen molar-refractivity contribution in [3.8, 4) is 0 Å². The van der Waals surface area contributed by atoms with Crippen LogP contribution in [0.2, 0.25) is 0 Å². The maximum atomic E-state index is 12.5. The largest absolute Gasteiger partial charge is 0.385 e. The number of allylic oxidation sites excluding steroid dienone is 1. The summed E-state index contributed by atoms with van der Waals surface area (Å²) in [6, 6.07) is 0. The Morgan fingerprint density at radius 1 is 1.05 bits per heavy atom. The molecule has 0 aromatic heterocycles. The van der Waals surface area contributed by atoms with Gasteiger partial charge in [0.05, 0.1) is 5.60 Å². The minimum atomic E-state index is -0.992. The highest BCUT2D eigenvalue weighted by Gasteiger charge is 2.35. The van der Waals surface area contributed by atoms with Crippen LogP contribution in [-0.4, -0.2) is 16.5 Å². The normalized spacial score (nSPS) is 16.3. The molecule has 0 amide bonds. The highest BCUT2D eigenvalue weighted by molar-refractivity contribution is 6.00. The zero-order valence-corrected chi connectivity index (χ0v) is 13.7. The van der Waals surface area contributed by atoms with E-state index in [1.807, 2.05) is 26.8 Å². The van der Waals surface area contributed by atoms with E-state index >= 15 is 0 Å². The van der Waals surface area contributed by atoms with Crippen LogP contribution in [-0.2, 0) is 4.79 Å². The summed E-state index contributed by atoms with van der Waals surface area (Å²) in [4.78, 5) is 12.5. The van der Waals surface area contributed by atoms with Crippen LogP contribution >= 0.6 is 0 Å². The van der Waals surface area contributed by atoms with Crippen LogP contribution in [0.25, 0.3) is 0 Å². The first-order valence-corrected chi connectivity index (χ1v) is 7.64. The van der Waals surface area contributed by atoms with E-state index in [9.17, 15) is 9.90 Å². The van der Waals surface area contributed by atoms with Crippen molar-refractivity contribution in [3.05, 3.63) is 11.6 Å². The van der Waals surface area contributed by atoms with Gasteiger partial charge in [-0.2, -0.15) is 0 Å². The standard InChI is InChI=1S/C17H32O2/c1-7-9-11-12-14(15(18)16(3,4)5)17(6,19)13-10-8-2/h12,19H,7-11,13H2,1-6H3/b14-12+. The van der Waals surface area contributed by atoms with E-state index in [2.05, 4.69) is 13.8 Å². The van der Waals surface area contributed by atoms with Gasteiger partial charge in [0.25, 0.3) is 0 Å². The summed E-state index contributed by atoms with van der Waals surface area (Å²) in [6.07, 6.45) is 7.62. The first-order chi connectivity index (χ1) is 8.66. The van der Waals surface area contributed by atoms with Gasteiger partial charge in [-0.15, -0.1) is 0 Å². The van der Waals surface area contributed by atoms with Gasteiger partial charge < -0.3 is 5.11 Å². The second-order valence-electron chi connectivity index (χ2n) is 6.72. The summed E-state index contributed by atoms with van der Waals surface area (Å²) in [7, 11) is 0. The Morgan fingerprint density at radius 2 is 1.58 bits per heavy atom. The van der Waals surface area contributed by atoms with Crippen molar-refractivity contribution < 1.29 is 9.90 Å². The Hall–Kier alpha value is -0.630. The maximum Gasteiger partial charge on any atom is 0.166 e. The van der Waals surface area contributed by atoms with Gasteiger partial charge in [-0.05, 0) is 19.8 Å². The van der Waals surface area contributed by atoms with Crippen LogP contribution in [0.15, 0.2) is 11.6 Å². The quantitative estimate of drug-likeness (QED) is 0.513. The molecule has 19 heavy (non-hydrogen) atoms. The van der Waals surface area contributed by atoms with E-state index in [0.29, 0.717) is 12.0 Å². The highest BCUT2D eigenvalue weighted by Crippen LogP contribution is 2.31. The molecular formula is C17H32O2. The van der Waals surface area contributed by atoms with Gasteiger partial charge in [0.2, 0.25) is 0 Å². The number of unbranched alkanes of at least 4 members (excludes halogenated alkanes) is 3. The summed E-state index contributed by atoms with van der Waals surface area (Å²) < 4.78 is 0. The number of hydrogen-bond acceptors (Lipinski definition) is 2. The molecule has 2 heteroatoms. The van der Waals surface area contributed by atoms with Crippen molar-refractivity contribution in [1.82, 2.24) is 0 Å². The van der Waals surface area contributed by atoms with Gasteiger partial charge in [-0.25, -0.2) is 0 Å². The number of rotatable bonds is 8. The summed E-state index contributed by atoms with van der Waals surface area (Å²) in [6.45, 7) is 11.8. The highest BCUT2D eigenvalue weighted by atomic mass is 16.3. The second kappa shape index (κ2) is 7.84. The predicted molar refractivity (Wildman–Crippen MR) is 82.2 cm³/mol. The van der Waals surface area contributed by atoms with Gasteiger partial charge in [0.1, 0.15) is 0 Å². The molecule has 0 aliphatic heterocycles. The summed E-state index contributed by atoms with van der Waals surface area (Å²) in [5.74, 6) is 0.0738. The first-order valence-electron chi connectivity index (χ1n) is 7.64. The van der Waals surface area contributed by atoms with E-state index in [1.165, 1.54) is 0 Å². The minimum absolute atomic E-state index is 0.0738. The van der Waals surface area contributed by atoms with Crippen LogP contribution in [0.1, 0.15) is 80.1 Å². The molecule has 1 unspecified atom stereocenters. The Morgan fingerprint density at radius 3 is 2.00 bits per heavy atom. The molecule has 0 bridgehead atoms. The lowest BCUT2D eigenvalue weighted by Crippen LogP contribution is -2.36. The van der Waals surface area contributed by atoms with E-state index in [1.54, 1.807) is 6.92 Å². The van der Waals surface area contributed by atoms with Crippen molar-refractivity contribution in [1.29, 1.82) is 0 Å². The fraction of sp³-hybridized carbons (Fsp3) is 0.824. The van der Waals surface area contributed by atoms with Crippen molar-refractivity contribution in [2.75, 3.05) is 0 Å². The summed E-state index contributed by atoms with van der Waals surface area (Å²) >= 11 is 0. The maximum absolute atomic E-state index is 12.5. The van der Waals surface area contributed by atoms with Crippen LogP contribution in [0.5, 0.6) is 0 Å². The van der Waals surface area contributed by atoms with Crippen LogP contribution in [0, 0.1) is 5.41 Å². The molecule has 0 aromatic carbocycles. The molecule has 0 aliphatic rings. The molecule has 0 saturated carbocycles. The summed E-state index contributed by atoms with van der Waals surface area (Å²) in [5.41, 5.74) is -0.815. The lowest BCUT2D eigenvalue weighted by Gasteiger charge is -2.30. The molecular weight excluding hydrogens is 236 g/mol. The molecule has 0 heterocycles. The molecule has 0 aliphatic carbocycles. The number of hydrogen-bond donors (Lipinski definition) is 1. The van der Waals surface area contributed by atoms with Crippen LogP contribution < -0.4 is 0 Å². The van der Waals surface area contributed by atoms with E-state index in [0.717, 1.165) is 32.1 Å². The Kier molecular flexibility index (Phi) is 7.58. The van der Waals surface area contributed by atoms with Gasteiger partial charge in [-0.3, -0.25) is 4.79 Å². The first kappa shape index (κ1) is 18.4. The van der Waals surface area contributed by atoms with Crippen molar-refractivity contribution >= 4 is 5.78 Å². The third-order valence-electron chi connectivity index (χ3n) is 3.43. The fourth-order valence-electron chi connectivity index (χ4n) is 2.07. The van der Waals surface area contributed by atoms with Gasteiger partial charge in [-0.1, -0.05) is 66.4 Å². The van der Waals surface area contributed by atoms with Crippen LogP contribution in [0.4, 0.5) is 0 Å². The van der Waals surface area contributed by atoms with E-state index in [-0.39, 0.29) is 5.78 Å². The molecule has 0 spiro atoms. The summed E-state index contributed by atoms with van der Waals surface area (Å²) in [5, 5.41) is 10.6. The predicted octanol–water partition coefficient (Wildman–Crippen LogP) is 4.66. The van der Waals surface area contributed by atoms with Crippen molar-refractivity contribution in [3.63, 3.8) is 0 Å². The zero-order chi connectivity index (χ0) is 15.1. The number of aliphatic hydroxyl groups is 1. The van der Waals surface area contributed by atoms with Crippen LogP contribution in [0.3, 0.4) is 0 Å². The Balaban J connectivity index is 5.16. The number of Topliss-reactive ketones (excluding diaryl/α,β-unsaturated/α-hetero) is 1. The molecule has 0 rings (SSSR count). The smallest absolute Gasteiger partial charge is 0.166 e. The Bertz CT molecular complexity index is 306. The lowest BCUT2D eigenvalue weighted by molar-refractivity contribution is -0.124. The zero-order valence-electron chi connectivity index (χ0n) is 13.7. The van der Waals surface area contributed by atoms with E-state index in [4.69, 9.17) is 0 Å². The molecule has 2 nitrogen and oxygen atoms in total.